The van der Waals surface area contributed by atoms with Crippen molar-refractivity contribution in [1.82, 2.24) is 5.43 Å². The fourth-order valence-corrected chi connectivity index (χ4v) is 4.20. The summed E-state index contributed by atoms with van der Waals surface area (Å²) in [7, 11) is 0. The fourth-order valence-electron chi connectivity index (χ4n) is 1.71. The summed E-state index contributed by atoms with van der Waals surface area (Å²) in [5.74, 6) is 5.50. The first-order valence-electron chi connectivity index (χ1n) is 5.88. The lowest BCUT2D eigenvalue weighted by molar-refractivity contribution is 0.0953. The number of nitrogen functional groups attached to an aromatic ring is 1. The van der Waals surface area contributed by atoms with Crippen LogP contribution in [0.15, 0.2) is 49.8 Å². The van der Waals surface area contributed by atoms with Crippen LogP contribution in [0.2, 0.25) is 0 Å². The number of carbonyl (C=O) groups is 1. The molecule has 7 heteroatoms. The summed E-state index contributed by atoms with van der Waals surface area (Å²) in [6.07, 6.45) is 0. The van der Waals surface area contributed by atoms with Gasteiger partial charge < -0.3 is 4.74 Å². The average molecular weight is 479 g/mol. The molecule has 110 valence electrons. The van der Waals surface area contributed by atoms with Crippen molar-refractivity contribution in [2.45, 2.75) is 6.61 Å². The predicted molar refractivity (Wildman–Crippen MR) is 92.0 cm³/mol. The largest absolute Gasteiger partial charge is 0.487 e. The first-order valence-corrected chi connectivity index (χ1v) is 8.26. The van der Waals surface area contributed by atoms with Gasteiger partial charge in [0.15, 0.2) is 0 Å². The first-order chi connectivity index (χ1) is 10.0. The van der Waals surface area contributed by atoms with Gasteiger partial charge >= 0.3 is 0 Å². The summed E-state index contributed by atoms with van der Waals surface area (Å²) >= 11 is 10.3. The Balaban J connectivity index is 2.15. The van der Waals surface area contributed by atoms with E-state index in [0.717, 1.165) is 19.0 Å². The van der Waals surface area contributed by atoms with Gasteiger partial charge in [0.25, 0.3) is 5.91 Å². The number of ether oxygens (including phenoxy) is 1. The van der Waals surface area contributed by atoms with E-state index in [1.165, 1.54) is 0 Å². The third kappa shape index (κ3) is 4.29. The van der Waals surface area contributed by atoms with Crippen molar-refractivity contribution in [3.05, 3.63) is 60.9 Å². The van der Waals surface area contributed by atoms with Gasteiger partial charge in [-0.15, -0.1) is 0 Å². The lowest BCUT2D eigenvalue weighted by Gasteiger charge is -2.11. The highest BCUT2D eigenvalue weighted by Gasteiger charge is 2.09. The molecule has 0 unspecified atom stereocenters. The molecule has 4 nitrogen and oxygen atoms in total. The van der Waals surface area contributed by atoms with Gasteiger partial charge in [0, 0.05) is 10.0 Å². The zero-order chi connectivity index (χ0) is 15.4. The highest BCUT2D eigenvalue weighted by atomic mass is 79.9. The molecular formula is C14H11Br3N2O2. The molecule has 0 aromatic heterocycles. The van der Waals surface area contributed by atoms with Crippen molar-refractivity contribution >= 4 is 53.7 Å². The Bertz CT molecular complexity index is 654. The van der Waals surface area contributed by atoms with Crippen LogP contribution >= 0.6 is 47.8 Å². The minimum Gasteiger partial charge on any atom is -0.487 e. The zero-order valence-corrected chi connectivity index (χ0v) is 15.5. The van der Waals surface area contributed by atoms with E-state index in [9.17, 15) is 4.79 Å². The van der Waals surface area contributed by atoms with Gasteiger partial charge in [0.1, 0.15) is 12.4 Å². The molecule has 0 aliphatic heterocycles. The minimum atomic E-state index is -0.331. The smallest absolute Gasteiger partial charge is 0.265 e. The van der Waals surface area contributed by atoms with Crippen LogP contribution < -0.4 is 16.0 Å². The number of hydrogen-bond donors (Lipinski definition) is 2. The molecule has 0 spiro atoms. The maximum absolute atomic E-state index is 11.5. The van der Waals surface area contributed by atoms with E-state index in [1.807, 2.05) is 18.2 Å². The van der Waals surface area contributed by atoms with Gasteiger partial charge in [-0.05, 0) is 61.7 Å². The van der Waals surface area contributed by atoms with Gasteiger partial charge in [-0.2, -0.15) is 0 Å². The van der Waals surface area contributed by atoms with Crippen LogP contribution in [0.3, 0.4) is 0 Å². The number of amides is 1. The molecule has 0 saturated carbocycles. The minimum absolute atomic E-state index is 0.331. The zero-order valence-electron chi connectivity index (χ0n) is 10.7. The molecule has 0 fully saturated rings. The molecule has 0 saturated heterocycles. The number of carbonyl (C=O) groups excluding carboxylic acids is 1. The lowest BCUT2D eigenvalue weighted by atomic mass is 10.1. The second-order valence-corrected chi connectivity index (χ2v) is 6.79. The van der Waals surface area contributed by atoms with Gasteiger partial charge in [0.2, 0.25) is 0 Å². The van der Waals surface area contributed by atoms with E-state index in [2.05, 4.69) is 53.2 Å². The number of hydrazine groups is 1. The van der Waals surface area contributed by atoms with E-state index in [-0.39, 0.29) is 5.91 Å². The summed E-state index contributed by atoms with van der Waals surface area (Å²) < 4.78 is 8.41. The topological polar surface area (TPSA) is 64.3 Å². The van der Waals surface area contributed by atoms with Crippen LogP contribution in [0.5, 0.6) is 5.75 Å². The third-order valence-electron chi connectivity index (χ3n) is 2.67. The van der Waals surface area contributed by atoms with Crippen molar-refractivity contribution in [2.75, 3.05) is 0 Å². The van der Waals surface area contributed by atoms with Gasteiger partial charge in [-0.25, -0.2) is 5.84 Å². The highest BCUT2D eigenvalue weighted by molar-refractivity contribution is 9.11. The molecule has 0 atom stereocenters. The molecule has 0 aliphatic rings. The SMILES string of the molecule is NNC(=O)c1cccc(COc2c(Br)cc(Br)cc2Br)c1. The molecule has 0 aliphatic carbocycles. The van der Waals surface area contributed by atoms with Crippen molar-refractivity contribution in [3.8, 4) is 5.75 Å². The molecule has 1 amide bonds. The predicted octanol–water partition coefficient (Wildman–Crippen LogP) is 4.16. The maximum atomic E-state index is 11.5. The standard InChI is InChI=1S/C14H11Br3N2O2/c15-10-5-11(16)13(12(17)6-10)21-7-8-2-1-3-9(4-8)14(20)19-18/h1-6H,7,18H2,(H,19,20). The maximum Gasteiger partial charge on any atom is 0.265 e. The molecule has 2 aromatic carbocycles. The Hall–Kier alpha value is -0.890. The van der Waals surface area contributed by atoms with E-state index >= 15 is 0 Å². The summed E-state index contributed by atoms with van der Waals surface area (Å²) in [5.41, 5.74) is 3.47. The van der Waals surface area contributed by atoms with Crippen LogP contribution in [0.25, 0.3) is 0 Å². The number of nitrogens with one attached hydrogen (secondary N) is 1. The second-order valence-electron chi connectivity index (χ2n) is 4.16. The molecule has 0 heterocycles. The first kappa shape index (κ1) is 16.5. The summed E-state index contributed by atoms with van der Waals surface area (Å²) in [4.78, 5) is 11.5. The Kier molecular flexibility index (Phi) is 5.80. The van der Waals surface area contributed by atoms with Crippen molar-refractivity contribution < 1.29 is 9.53 Å². The molecule has 2 rings (SSSR count). The van der Waals surface area contributed by atoms with Crippen LogP contribution in [0, 0.1) is 0 Å². The van der Waals surface area contributed by atoms with Crippen molar-refractivity contribution in [2.24, 2.45) is 5.84 Å². The van der Waals surface area contributed by atoms with Gasteiger partial charge in [0.05, 0.1) is 8.95 Å². The van der Waals surface area contributed by atoms with Crippen LogP contribution in [-0.2, 0) is 6.61 Å². The fraction of sp³-hybridized carbons (Fsp3) is 0.0714. The highest BCUT2D eigenvalue weighted by Crippen LogP contribution is 2.36. The monoisotopic (exact) mass is 476 g/mol. The molecule has 0 radical (unpaired) electrons. The van der Waals surface area contributed by atoms with E-state index in [1.54, 1.807) is 18.2 Å². The Morgan fingerprint density at radius 3 is 2.43 bits per heavy atom. The molecule has 0 bridgehead atoms. The van der Waals surface area contributed by atoms with E-state index in [4.69, 9.17) is 10.6 Å². The summed E-state index contributed by atoms with van der Waals surface area (Å²) in [5, 5.41) is 0. The quantitative estimate of drug-likeness (QED) is 0.394. The summed E-state index contributed by atoms with van der Waals surface area (Å²) in [6.45, 7) is 0.338. The lowest BCUT2D eigenvalue weighted by Crippen LogP contribution is -2.30. The Labute approximate surface area is 147 Å². The van der Waals surface area contributed by atoms with Crippen LogP contribution in [-0.4, -0.2) is 5.91 Å². The van der Waals surface area contributed by atoms with Gasteiger partial charge in [-0.1, -0.05) is 28.1 Å². The van der Waals surface area contributed by atoms with Crippen LogP contribution in [0.4, 0.5) is 0 Å². The van der Waals surface area contributed by atoms with Crippen LogP contribution in [0.1, 0.15) is 15.9 Å². The van der Waals surface area contributed by atoms with E-state index in [0.29, 0.717) is 17.9 Å². The Morgan fingerprint density at radius 1 is 1.14 bits per heavy atom. The molecule has 2 aromatic rings. The third-order valence-corrected chi connectivity index (χ3v) is 4.30. The molecular weight excluding hydrogens is 468 g/mol. The second kappa shape index (κ2) is 7.40. The Morgan fingerprint density at radius 2 is 1.81 bits per heavy atom. The number of hydrogen-bond acceptors (Lipinski definition) is 3. The normalized spacial score (nSPS) is 10.3. The summed E-state index contributed by atoms with van der Waals surface area (Å²) in [6, 6.07) is 10.9. The molecule has 21 heavy (non-hydrogen) atoms. The number of halogens is 3. The van der Waals surface area contributed by atoms with Crippen molar-refractivity contribution in [3.63, 3.8) is 0 Å². The average Bonchev–Trinajstić information content (AvgIpc) is 2.45. The number of rotatable bonds is 4. The number of benzene rings is 2. The van der Waals surface area contributed by atoms with Crippen molar-refractivity contribution in [1.29, 1.82) is 0 Å². The molecule has 3 N–H and O–H groups in total. The number of nitrogens with two attached hydrogens (primary N) is 1. The van der Waals surface area contributed by atoms with Gasteiger partial charge in [-0.3, -0.25) is 10.2 Å². The van der Waals surface area contributed by atoms with E-state index < -0.39 is 0 Å².